The topological polar surface area (TPSA) is 66.8 Å². The van der Waals surface area contributed by atoms with Crippen LogP contribution in [0.25, 0.3) is 0 Å². The number of carboxylic acid groups (broad SMARTS) is 1. The average molecular weight is 350 g/mol. The summed E-state index contributed by atoms with van der Waals surface area (Å²) in [5.74, 6) is 0.902. The number of hydrogen-bond acceptors (Lipinski definition) is 3. The van der Waals surface area contributed by atoms with Crippen molar-refractivity contribution in [2.24, 2.45) is 17.8 Å². The largest absolute Gasteiger partial charge is 0.481 e. The van der Waals surface area contributed by atoms with Crippen molar-refractivity contribution in [1.29, 1.82) is 0 Å². The first-order chi connectivity index (χ1) is 12.1. The Kier molecular flexibility index (Phi) is 8.70. The molecule has 0 unspecified atom stereocenters. The van der Waals surface area contributed by atoms with Gasteiger partial charge in [-0.15, -0.1) is 0 Å². The van der Waals surface area contributed by atoms with Crippen LogP contribution in [0.4, 0.5) is 0 Å². The maximum Gasteiger partial charge on any atom is 0.303 e. The van der Waals surface area contributed by atoms with E-state index in [0.29, 0.717) is 30.3 Å². The molecule has 1 aliphatic carbocycles. The van der Waals surface area contributed by atoms with Crippen molar-refractivity contribution < 1.29 is 19.7 Å². The molecular formula is C21H34O4. The maximum atomic E-state index is 10.5. The van der Waals surface area contributed by atoms with Gasteiger partial charge in [-0.2, -0.15) is 0 Å². The molecule has 2 bridgehead atoms. The number of hydrogen-bond donors (Lipinski definition) is 2. The summed E-state index contributed by atoms with van der Waals surface area (Å²) >= 11 is 0. The SMILES string of the molecule is CCCCC[C@H](O)/C=C/[C@@H]1[C@@H](C/C=C\CCCC(=O)O)[C@H]2CO[C@H]1C2. The van der Waals surface area contributed by atoms with Gasteiger partial charge in [-0.25, -0.2) is 0 Å². The fraction of sp³-hybridized carbons (Fsp3) is 0.762. The molecule has 4 heteroatoms. The molecule has 142 valence electrons. The summed E-state index contributed by atoms with van der Waals surface area (Å²) in [5.41, 5.74) is 0. The predicted octanol–water partition coefficient (Wildman–Crippen LogP) is 4.34. The van der Waals surface area contributed by atoms with Gasteiger partial charge in [0, 0.05) is 12.3 Å². The summed E-state index contributed by atoms with van der Waals surface area (Å²) in [6, 6.07) is 0. The number of aliphatic carboxylic acids is 1. The second-order valence-corrected chi connectivity index (χ2v) is 7.55. The zero-order valence-electron chi connectivity index (χ0n) is 15.5. The Hall–Kier alpha value is -1.13. The molecule has 1 heterocycles. The highest BCUT2D eigenvalue weighted by Crippen LogP contribution is 2.47. The van der Waals surface area contributed by atoms with Crippen LogP contribution >= 0.6 is 0 Å². The Labute approximate surface area is 152 Å². The van der Waals surface area contributed by atoms with Crippen LogP contribution in [0.5, 0.6) is 0 Å². The Morgan fingerprint density at radius 3 is 2.88 bits per heavy atom. The van der Waals surface area contributed by atoms with Crippen molar-refractivity contribution in [3.63, 3.8) is 0 Å². The van der Waals surface area contributed by atoms with Gasteiger partial charge >= 0.3 is 5.97 Å². The quantitative estimate of drug-likeness (QED) is 0.406. The Bertz CT molecular complexity index is 457. The van der Waals surface area contributed by atoms with Gasteiger partial charge in [0.25, 0.3) is 0 Å². The highest BCUT2D eigenvalue weighted by Gasteiger charge is 2.46. The third kappa shape index (κ3) is 6.59. The zero-order valence-corrected chi connectivity index (χ0v) is 15.5. The van der Waals surface area contributed by atoms with Gasteiger partial charge in [0.05, 0.1) is 18.8 Å². The third-order valence-electron chi connectivity index (χ3n) is 5.58. The van der Waals surface area contributed by atoms with Crippen LogP contribution in [0, 0.1) is 17.8 Å². The predicted molar refractivity (Wildman–Crippen MR) is 99.4 cm³/mol. The number of carbonyl (C=O) groups is 1. The summed E-state index contributed by atoms with van der Waals surface area (Å²) in [4.78, 5) is 10.5. The van der Waals surface area contributed by atoms with Crippen molar-refractivity contribution in [3.8, 4) is 0 Å². The van der Waals surface area contributed by atoms with E-state index in [1.165, 1.54) is 12.8 Å². The molecule has 0 aromatic rings. The fourth-order valence-electron chi connectivity index (χ4n) is 4.15. The Morgan fingerprint density at radius 1 is 1.28 bits per heavy atom. The lowest BCUT2D eigenvalue weighted by molar-refractivity contribution is -0.137. The van der Waals surface area contributed by atoms with Gasteiger partial charge in [-0.05, 0) is 43.9 Å². The van der Waals surface area contributed by atoms with Gasteiger partial charge in [-0.1, -0.05) is 50.5 Å². The molecule has 1 saturated carbocycles. The molecule has 2 aliphatic rings. The number of rotatable bonds is 12. The van der Waals surface area contributed by atoms with E-state index in [0.717, 1.165) is 38.7 Å². The Morgan fingerprint density at radius 2 is 2.12 bits per heavy atom. The molecule has 4 nitrogen and oxygen atoms in total. The standard InChI is InChI=1S/C21H34O4/c1-2-3-6-9-17(22)12-13-19-18(16-14-20(19)25-15-16)10-7-4-5-8-11-21(23)24/h4,7,12-13,16-20,22H,2-3,5-6,8-11,14-15H2,1H3,(H,23,24)/b7-4-,13-12+/t16-,17+,18+,19-,20+/m1/s1. The summed E-state index contributed by atoms with van der Waals surface area (Å²) in [5, 5.41) is 18.8. The lowest BCUT2D eigenvalue weighted by Gasteiger charge is -2.28. The minimum absolute atomic E-state index is 0.244. The molecule has 1 saturated heterocycles. The second kappa shape index (κ2) is 10.8. The molecule has 1 aliphatic heterocycles. The van der Waals surface area contributed by atoms with Gasteiger partial charge < -0.3 is 14.9 Å². The van der Waals surface area contributed by atoms with E-state index in [9.17, 15) is 9.90 Å². The van der Waals surface area contributed by atoms with E-state index >= 15 is 0 Å². The zero-order chi connectivity index (χ0) is 18.1. The second-order valence-electron chi connectivity index (χ2n) is 7.55. The molecule has 0 amide bonds. The van der Waals surface area contributed by atoms with Crippen LogP contribution in [0.15, 0.2) is 24.3 Å². The average Bonchev–Trinajstić information content (AvgIpc) is 3.17. The van der Waals surface area contributed by atoms with E-state index < -0.39 is 5.97 Å². The first-order valence-electron chi connectivity index (χ1n) is 9.96. The molecule has 0 aromatic carbocycles. The highest BCUT2D eigenvalue weighted by molar-refractivity contribution is 5.66. The normalized spacial score (nSPS) is 29.8. The van der Waals surface area contributed by atoms with Crippen molar-refractivity contribution in [1.82, 2.24) is 0 Å². The van der Waals surface area contributed by atoms with E-state index in [1.54, 1.807) is 0 Å². The van der Waals surface area contributed by atoms with Crippen LogP contribution in [-0.2, 0) is 9.53 Å². The summed E-state index contributed by atoms with van der Waals surface area (Å²) in [6.45, 7) is 3.04. The van der Waals surface area contributed by atoms with Crippen LogP contribution < -0.4 is 0 Å². The molecular weight excluding hydrogens is 316 g/mol. The number of aliphatic hydroxyl groups excluding tert-OH is 1. The molecule has 0 aromatic heterocycles. The van der Waals surface area contributed by atoms with E-state index in [1.807, 2.05) is 6.08 Å². The number of allylic oxidation sites excluding steroid dienone is 2. The van der Waals surface area contributed by atoms with Crippen LogP contribution in [0.3, 0.4) is 0 Å². The van der Waals surface area contributed by atoms with Gasteiger partial charge in [0.15, 0.2) is 0 Å². The summed E-state index contributed by atoms with van der Waals surface area (Å²) in [7, 11) is 0. The van der Waals surface area contributed by atoms with Crippen LogP contribution in [0.2, 0.25) is 0 Å². The van der Waals surface area contributed by atoms with Crippen molar-refractivity contribution >= 4 is 5.97 Å². The van der Waals surface area contributed by atoms with Gasteiger partial charge in [0.2, 0.25) is 0 Å². The van der Waals surface area contributed by atoms with E-state index in [-0.39, 0.29) is 12.5 Å². The summed E-state index contributed by atoms with van der Waals surface area (Å²) in [6.07, 6.45) is 16.7. The van der Waals surface area contributed by atoms with E-state index in [2.05, 4.69) is 25.2 Å². The highest BCUT2D eigenvalue weighted by atomic mass is 16.5. The number of fused-ring (bicyclic) bond motifs is 2. The lowest BCUT2D eigenvalue weighted by Crippen LogP contribution is -2.27. The van der Waals surface area contributed by atoms with Gasteiger partial charge in [-0.3, -0.25) is 4.79 Å². The maximum absolute atomic E-state index is 10.5. The number of aliphatic hydroxyl groups is 1. The monoisotopic (exact) mass is 350 g/mol. The number of unbranched alkanes of at least 4 members (excludes halogenated alkanes) is 3. The third-order valence-corrected chi connectivity index (χ3v) is 5.58. The molecule has 0 spiro atoms. The molecule has 2 N–H and O–H groups in total. The first-order valence-corrected chi connectivity index (χ1v) is 9.96. The molecule has 25 heavy (non-hydrogen) atoms. The molecule has 2 fully saturated rings. The smallest absolute Gasteiger partial charge is 0.303 e. The Balaban J connectivity index is 1.78. The van der Waals surface area contributed by atoms with Crippen LogP contribution in [-0.4, -0.2) is 35.0 Å². The van der Waals surface area contributed by atoms with Crippen molar-refractivity contribution in [2.75, 3.05) is 6.61 Å². The summed E-state index contributed by atoms with van der Waals surface area (Å²) < 4.78 is 5.87. The lowest BCUT2D eigenvalue weighted by atomic mass is 9.84. The van der Waals surface area contributed by atoms with Crippen molar-refractivity contribution in [3.05, 3.63) is 24.3 Å². The number of ether oxygens (including phenoxy) is 1. The first kappa shape index (κ1) is 20.2. The minimum atomic E-state index is -0.721. The molecule has 0 radical (unpaired) electrons. The number of carboxylic acids is 1. The molecule has 5 atom stereocenters. The van der Waals surface area contributed by atoms with Gasteiger partial charge in [0.1, 0.15) is 0 Å². The fourth-order valence-corrected chi connectivity index (χ4v) is 4.15. The van der Waals surface area contributed by atoms with Crippen LogP contribution in [0.1, 0.15) is 64.7 Å². The van der Waals surface area contributed by atoms with E-state index in [4.69, 9.17) is 9.84 Å². The minimum Gasteiger partial charge on any atom is -0.481 e. The van der Waals surface area contributed by atoms with Crippen molar-refractivity contribution in [2.45, 2.75) is 76.9 Å². The molecule has 2 rings (SSSR count).